The van der Waals surface area contributed by atoms with E-state index in [1.807, 2.05) is 30.3 Å². The summed E-state index contributed by atoms with van der Waals surface area (Å²) in [4.78, 5) is 20.7. The number of thioether (sulfide) groups is 1. The van der Waals surface area contributed by atoms with Crippen molar-refractivity contribution in [2.24, 2.45) is 5.92 Å². The number of nitrogens with zero attached hydrogens (tertiary/aromatic N) is 2. The highest BCUT2D eigenvalue weighted by atomic mass is 35.6. The number of hydrogen-bond acceptors (Lipinski definition) is 7. The molecule has 36 heavy (non-hydrogen) atoms. The Bertz CT molecular complexity index is 1170. The molecule has 1 amide bonds. The first kappa shape index (κ1) is 27.1. The maximum atomic E-state index is 12.1. The zero-order chi connectivity index (χ0) is 25.7. The van der Waals surface area contributed by atoms with Crippen molar-refractivity contribution in [2.45, 2.75) is 41.0 Å². The molecule has 2 aromatic carbocycles. The van der Waals surface area contributed by atoms with Crippen LogP contribution in [-0.2, 0) is 20.9 Å². The highest BCUT2D eigenvalue weighted by Crippen LogP contribution is 2.43. The molecular weight excluding hydrogens is 545 g/mol. The second-order valence-electron chi connectivity index (χ2n) is 8.24. The number of rotatable bonds is 7. The minimum Gasteiger partial charge on any atom is -0.392 e. The minimum absolute atomic E-state index is 0.00434. The Morgan fingerprint density at radius 1 is 1.06 bits per heavy atom. The number of anilines is 1. The van der Waals surface area contributed by atoms with Crippen molar-refractivity contribution in [1.29, 1.82) is 0 Å². The van der Waals surface area contributed by atoms with Gasteiger partial charge in [-0.2, -0.15) is 0 Å². The predicted molar refractivity (Wildman–Crippen MR) is 141 cm³/mol. The summed E-state index contributed by atoms with van der Waals surface area (Å²) in [6.45, 7) is 2.05. The van der Waals surface area contributed by atoms with E-state index in [1.54, 1.807) is 36.7 Å². The largest absolute Gasteiger partial charge is 0.392 e. The van der Waals surface area contributed by atoms with Crippen LogP contribution in [0.3, 0.4) is 0 Å². The molecule has 1 aliphatic rings. The summed E-state index contributed by atoms with van der Waals surface area (Å²) in [7, 11) is 0. The zero-order valence-corrected chi connectivity index (χ0v) is 22.3. The van der Waals surface area contributed by atoms with E-state index in [0.29, 0.717) is 22.2 Å². The van der Waals surface area contributed by atoms with Crippen molar-refractivity contribution in [2.75, 3.05) is 11.1 Å². The maximum Gasteiger partial charge on any atom is 0.276 e. The van der Waals surface area contributed by atoms with Gasteiger partial charge in [0.15, 0.2) is 11.4 Å². The van der Waals surface area contributed by atoms with Gasteiger partial charge in [0.25, 0.3) is 9.70 Å². The lowest BCUT2D eigenvalue weighted by atomic mass is 9.91. The Balaban J connectivity index is 1.59. The lowest BCUT2D eigenvalue weighted by molar-refractivity contribution is -0.268. The number of nitrogens with one attached hydrogen (secondary N) is 1. The maximum absolute atomic E-state index is 12.1. The van der Waals surface area contributed by atoms with Crippen molar-refractivity contribution in [3.63, 3.8) is 0 Å². The Hall–Kier alpha value is -1.91. The zero-order valence-electron chi connectivity index (χ0n) is 19.2. The van der Waals surface area contributed by atoms with Gasteiger partial charge in [0.1, 0.15) is 0 Å². The molecule has 0 radical (unpaired) electrons. The Morgan fingerprint density at radius 2 is 1.78 bits per heavy atom. The molecule has 1 fully saturated rings. The van der Waals surface area contributed by atoms with Gasteiger partial charge < -0.3 is 19.9 Å². The van der Waals surface area contributed by atoms with E-state index in [-0.39, 0.29) is 24.7 Å². The molecule has 3 aromatic rings. The highest BCUT2D eigenvalue weighted by molar-refractivity contribution is 7.99. The van der Waals surface area contributed by atoms with Crippen LogP contribution in [0.2, 0.25) is 0 Å². The molecular formula is C25H24Cl3N3O4S. The molecule has 4 rings (SSSR count). The van der Waals surface area contributed by atoms with E-state index >= 15 is 0 Å². The fraction of sp³-hybridized carbons (Fsp3) is 0.320. The number of halogens is 3. The molecule has 0 unspecified atom stereocenters. The van der Waals surface area contributed by atoms with Gasteiger partial charge in [-0.1, -0.05) is 89.9 Å². The van der Waals surface area contributed by atoms with E-state index in [9.17, 15) is 9.90 Å². The molecule has 11 heteroatoms. The van der Waals surface area contributed by atoms with E-state index in [4.69, 9.17) is 44.3 Å². The van der Waals surface area contributed by atoms with E-state index in [1.165, 1.54) is 11.8 Å². The van der Waals surface area contributed by atoms with Crippen LogP contribution >= 0.6 is 46.6 Å². The van der Waals surface area contributed by atoms with Crippen LogP contribution in [-0.4, -0.2) is 36.6 Å². The molecule has 1 aliphatic heterocycles. The molecule has 2 N–H and O–H groups in total. The Kier molecular flexibility index (Phi) is 9.11. The monoisotopic (exact) mass is 567 g/mol. The van der Waals surface area contributed by atoms with Gasteiger partial charge in [0, 0.05) is 35.3 Å². The fourth-order valence-electron chi connectivity index (χ4n) is 3.79. The highest BCUT2D eigenvalue weighted by Gasteiger charge is 2.38. The summed E-state index contributed by atoms with van der Waals surface area (Å²) in [6.07, 6.45) is 2.22. The first-order chi connectivity index (χ1) is 17.2. The summed E-state index contributed by atoms with van der Waals surface area (Å²) in [5.74, 6) is -0.146. The molecule has 1 aromatic heterocycles. The van der Waals surface area contributed by atoms with Crippen molar-refractivity contribution >= 4 is 58.2 Å². The minimum atomic E-state index is -2.09. The summed E-state index contributed by atoms with van der Waals surface area (Å²) in [6, 6.07) is 16.5. The standard InChI is InChI=1S/C25H24Cl3N3O4S/c1-15-20(14-36-24-29-10-3-11-30-24)34-22(35-21(15)17-8-6-16(13-32)7-9-17)18-4-2-5-19(12-18)31-23(33)25(26,27)28/h2-12,15,20-22,32H,13-14H2,1H3,(H,31,33)/t15-,20+,21+,22+/m1/s1. The molecule has 0 spiro atoms. The van der Waals surface area contributed by atoms with Gasteiger partial charge in [0.2, 0.25) is 0 Å². The number of aliphatic hydroxyl groups excluding tert-OH is 1. The molecule has 0 aliphatic carbocycles. The lowest BCUT2D eigenvalue weighted by Gasteiger charge is -2.41. The van der Waals surface area contributed by atoms with Crippen molar-refractivity contribution in [1.82, 2.24) is 9.97 Å². The van der Waals surface area contributed by atoms with Crippen molar-refractivity contribution < 1.29 is 19.4 Å². The number of benzene rings is 2. The SMILES string of the molecule is C[C@@H]1[C@H](CSc2ncccn2)O[C@H](c2cccc(NC(=O)C(Cl)(Cl)Cl)c2)O[C@@H]1c1ccc(CO)cc1. The number of hydrogen-bond donors (Lipinski definition) is 2. The van der Waals surface area contributed by atoms with Crippen molar-refractivity contribution in [3.05, 3.63) is 83.7 Å². The topological polar surface area (TPSA) is 93.6 Å². The molecule has 2 heterocycles. The molecule has 1 saturated heterocycles. The number of carbonyl (C=O) groups excluding carboxylic acids is 1. The smallest absolute Gasteiger partial charge is 0.276 e. The normalized spacial score (nSPS) is 22.2. The van der Waals surface area contributed by atoms with Crippen LogP contribution in [0.4, 0.5) is 5.69 Å². The van der Waals surface area contributed by atoms with Crippen LogP contribution in [0.5, 0.6) is 0 Å². The average Bonchev–Trinajstić information content (AvgIpc) is 2.88. The summed E-state index contributed by atoms with van der Waals surface area (Å²) in [5.41, 5.74) is 2.94. The third-order valence-corrected chi connectivity index (χ3v) is 7.20. The average molecular weight is 569 g/mol. The number of aliphatic hydroxyl groups is 1. The number of amides is 1. The summed E-state index contributed by atoms with van der Waals surface area (Å²) >= 11 is 18.6. The fourth-order valence-corrected chi connectivity index (χ4v) is 4.90. The quantitative estimate of drug-likeness (QED) is 0.209. The third-order valence-electron chi connectivity index (χ3n) is 5.72. The van der Waals surface area contributed by atoms with E-state index in [2.05, 4.69) is 22.2 Å². The second kappa shape index (κ2) is 12.1. The van der Waals surface area contributed by atoms with Crippen LogP contribution in [0.15, 0.2) is 72.1 Å². The molecule has 4 atom stereocenters. The number of carbonyl (C=O) groups is 1. The Labute approximate surface area is 228 Å². The molecule has 7 nitrogen and oxygen atoms in total. The third kappa shape index (κ3) is 6.89. The van der Waals surface area contributed by atoms with E-state index < -0.39 is 16.0 Å². The second-order valence-corrected chi connectivity index (χ2v) is 11.5. The predicted octanol–water partition coefficient (Wildman–Crippen LogP) is 5.86. The van der Waals surface area contributed by atoms with Crippen molar-refractivity contribution in [3.8, 4) is 0 Å². The number of aromatic nitrogens is 2. The molecule has 190 valence electrons. The van der Waals surface area contributed by atoms with Crippen LogP contribution in [0.25, 0.3) is 0 Å². The first-order valence-electron chi connectivity index (χ1n) is 11.1. The van der Waals surface area contributed by atoms with Gasteiger partial charge >= 0.3 is 0 Å². The van der Waals surface area contributed by atoms with Gasteiger partial charge in [-0.05, 0) is 29.3 Å². The lowest BCUT2D eigenvalue weighted by Crippen LogP contribution is -2.38. The van der Waals surface area contributed by atoms with Gasteiger partial charge in [-0.25, -0.2) is 9.97 Å². The van der Waals surface area contributed by atoms with Gasteiger partial charge in [0.05, 0.1) is 18.8 Å². The molecule has 0 saturated carbocycles. The molecule has 0 bridgehead atoms. The van der Waals surface area contributed by atoms with E-state index in [0.717, 1.165) is 11.1 Å². The first-order valence-corrected chi connectivity index (χ1v) is 13.2. The number of alkyl halides is 3. The van der Waals surface area contributed by atoms with Gasteiger partial charge in [-0.3, -0.25) is 4.79 Å². The van der Waals surface area contributed by atoms with Gasteiger partial charge in [-0.15, -0.1) is 0 Å². The van der Waals surface area contributed by atoms with Crippen LogP contribution < -0.4 is 5.32 Å². The summed E-state index contributed by atoms with van der Waals surface area (Å²) in [5, 5.41) is 12.7. The van der Waals surface area contributed by atoms with Crippen LogP contribution in [0.1, 0.15) is 36.0 Å². The van der Waals surface area contributed by atoms with Crippen LogP contribution in [0, 0.1) is 5.92 Å². The summed E-state index contributed by atoms with van der Waals surface area (Å²) < 4.78 is 10.8. The number of ether oxygens (including phenoxy) is 2. The Morgan fingerprint density at radius 3 is 2.44 bits per heavy atom.